The first-order chi connectivity index (χ1) is 11.5. The summed E-state index contributed by atoms with van der Waals surface area (Å²) in [6.45, 7) is 0. The maximum absolute atomic E-state index is 12.7. The van der Waals surface area contributed by atoms with Gasteiger partial charge in [-0.15, -0.1) is 0 Å². The molecule has 0 bridgehead atoms. The van der Waals surface area contributed by atoms with Gasteiger partial charge in [-0.2, -0.15) is 8.42 Å². The van der Waals surface area contributed by atoms with E-state index >= 15 is 0 Å². The number of rotatable bonds is 4. The molecule has 0 unspecified atom stereocenters. The van der Waals surface area contributed by atoms with Gasteiger partial charge in [-0.05, 0) is 34.8 Å². The summed E-state index contributed by atoms with van der Waals surface area (Å²) in [5, 5.41) is 0.432. The zero-order valence-electron chi connectivity index (χ0n) is 12.4. The predicted octanol–water partition coefficient (Wildman–Crippen LogP) is 2.30. The molecule has 2 aromatic carbocycles. The smallest absolute Gasteiger partial charge is 0.360 e. The maximum Gasteiger partial charge on any atom is 0.363 e. The lowest BCUT2D eigenvalue weighted by atomic mass is 10.2. The van der Waals surface area contributed by atoms with E-state index in [1.807, 2.05) is 6.07 Å². The van der Waals surface area contributed by atoms with Crippen molar-refractivity contribution in [3.05, 3.63) is 66.7 Å². The number of amides is 2. The summed E-state index contributed by atoms with van der Waals surface area (Å²) in [5.41, 5.74) is 5.65. The predicted molar refractivity (Wildman–Crippen MR) is 87.4 cm³/mol. The molecule has 0 saturated heterocycles. The molecular weight excluding hydrogens is 330 g/mol. The molecule has 3 aromatic rings. The monoisotopic (exact) mass is 343 g/mol. The fourth-order valence-electron chi connectivity index (χ4n) is 2.07. The Morgan fingerprint density at radius 2 is 1.62 bits per heavy atom. The molecule has 3 rings (SSSR count). The third-order valence-electron chi connectivity index (χ3n) is 3.17. The van der Waals surface area contributed by atoms with Crippen LogP contribution in [0.1, 0.15) is 0 Å². The van der Waals surface area contributed by atoms with Gasteiger partial charge in [0.15, 0.2) is 10.8 Å². The Hall–Kier alpha value is -3.13. The second-order valence-electron chi connectivity index (χ2n) is 4.82. The van der Waals surface area contributed by atoms with E-state index in [9.17, 15) is 13.2 Å². The van der Waals surface area contributed by atoms with E-state index in [2.05, 4.69) is 4.98 Å². The minimum Gasteiger partial charge on any atom is -0.360 e. The highest BCUT2D eigenvalue weighted by Gasteiger charge is 2.32. The number of benzene rings is 2. The molecule has 0 fully saturated rings. The molecule has 1 aromatic heterocycles. The van der Waals surface area contributed by atoms with Crippen LogP contribution in [0.15, 0.2) is 71.8 Å². The molecule has 1 heterocycles. The highest BCUT2D eigenvalue weighted by molar-refractivity contribution is 7.89. The van der Waals surface area contributed by atoms with Gasteiger partial charge in [0.2, 0.25) is 0 Å². The first kappa shape index (κ1) is 15.8. The van der Waals surface area contributed by atoms with Crippen LogP contribution < -0.4 is 10.6 Å². The van der Waals surface area contributed by atoms with Crippen LogP contribution in [0.2, 0.25) is 0 Å². The van der Waals surface area contributed by atoms with E-state index in [1.54, 1.807) is 42.5 Å². The highest BCUT2D eigenvalue weighted by Crippen LogP contribution is 2.20. The molecule has 2 amide bonds. The van der Waals surface area contributed by atoms with Crippen LogP contribution in [0.4, 0.5) is 4.79 Å². The lowest BCUT2D eigenvalue weighted by molar-refractivity contribution is 0.0737. The van der Waals surface area contributed by atoms with Crippen LogP contribution in [0.25, 0.3) is 10.9 Å². The Morgan fingerprint density at radius 1 is 0.958 bits per heavy atom. The van der Waals surface area contributed by atoms with Crippen molar-refractivity contribution >= 4 is 27.0 Å². The topological polar surface area (TPSA) is 103 Å². The number of nitrogens with two attached hydrogens (primary N) is 1. The number of sulfonamides is 1. The third-order valence-corrected chi connectivity index (χ3v) is 4.61. The van der Waals surface area contributed by atoms with Crippen LogP contribution in [-0.4, -0.2) is 23.9 Å². The van der Waals surface area contributed by atoms with Gasteiger partial charge in [0.25, 0.3) is 0 Å². The van der Waals surface area contributed by atoms with Gasteiger partial charge in [0, 0.05) is 5.39 Å². The van der Waals surface area contributed by atoms with Crippen molar-refractivity contribution < 1.29 is 18.0 Å². The highest BCUT2D eigenvalue weighted by atomic mass is 32.2. The van der Waals surface area contributed by atoms with Gasteiger partial charge in [0.1, 0.15) is 0 Å². The molecule has 24 heavy (non-hydrogen) atoms. The molecule has 122 valence electrons. The third kappa shape index (κ3) is 2.99. The van der Waals surface area contributed by atoms with Crippen molar-refractivity contribution in [1.82, 2.24) is 9.45 Å². The standard InChI is InChI=1S/C16H13N3O4S/c17-16(20)19(23-13-7-2-1-3-8-13)24(21,22)15-11-10-12-6-4-5-9-14(12)18-15/h1-11H,(H2,17,20). The molecule has 0 saturated carbocycles. The first-order valence-electron chi connectivity index (χ1n) is 6.92. The van der Waals surface area contributed by atoms with Crippen molar-refractivity contribution in [3.63, 3.8) is 0 Å². The summed E-state index contributed by atoms with van der Waals surface area (Å²) in [6, 6.07) is 16.6. The largest absolute Gasteiger partial charge is 0.363 e. The summed E-state index contributed by atoms with van der Waals surface area (Å²) in [5.74, 6) is 0.153. The Morgan fingerprint density at radius 3 is 2.33 bits per heavy atom. The van der Waals surface area contributed by atoms with E-state index in [1.165, 1.54) is 18.2 Å². The van der Waals surface area contributed by atoms with E-state index in [0.29, 0.717) is 5.52 Å². The van der Waals surface area contributed by atoms with Crippen molar-refractivity contribution in [1.29, 1.82) is 0 Å². The molecule has 0 spiro atoms. The zero-order valence-corrected chi connectivity index (χ0v) is 13.2. The normalized spacial score (nSPS) is 11.2. The summed E-state index contributed by atoms with van der Waals surface area (Å²) in [4.78, 5) is 20.8. The van der Waals surface area contributed by atoms with Crippen LogP contribution in [-0.2, 0) is 10.0 Å². The van der Waals surface area contributed by atoms with Gasteiger partial charge in [-0.25, -0.2) is 9.78 Å². The number of carbonyl (C=O) groups is 1. The van der Waals surface area contributed by atoms with Crippen molar-refractivity contribution in [3.8, 4) is 5.75 Å². The number of fused-ring (bicyclic) bond motifs is 1. The van der Waals surface area contributed by atoms with Crippen LogP contribution in [0.5, 0.6) is 5.75 Å². The second kappa shape index (κ2) is 6.17. The summed E-state index contributed by atoms with van der Waals surface area (Å²) in [7, 11) is -4.36. The number of carbonyl (C=O) groups excluding carboxylic acids is 1. The zero-order chi connectivity index (χ0) is 17.2. The van der Waals surface area contributed by atoms with Gasteiger partial charge in [-0.1, -0.05) is 36.4 Å². The lowest BCUT2D eigenvalue weighted by Gasteiger charge is -2.19. The Balaban J connectivity index is 2.02. The van der Waals surface area contributed by atoms with Crippen LogP contribution in [0.3, 0.4) is 0 Å². The van der Waals surface area contributed by atoms with Crippen molar-refractivity contribution in [2.45, 2.75) is 5.03 Å². The Labute approximate surface area is 138 Å². The number of urea groups is 1. The van der Waals surface area contributed by atoms with Crippen molar-refractivity contribution in [2.75, 3.05) is 0 Å². The Kier molecular flexibility index (Phi) is 4.05. The van der Waals surface area contributed by atoms with Gasteiger partial charge >= 0.3 is 16.1 Å². The fourth-order valence-corrected chi connectivity index (χ4v) is 3.11. The molecule has 0 aliphatic carbocycles. The van der Waals surface area contributed by atoms with Gasteiger partial charge in [-0.3, -0.25) is 0 Å². The number of aromatic nitrogens is 1. The average Bonchev–Trinajstić information content (AvgIpc) is 2.59. The quantitative estimate of drug-likeness (QED) is 0.732. The van der Waals surface area contributed by atoms with E-state index in [4.69, 9.17) is 10.6 Å². The van der Waals surface area contributed by atoms with Crippen molar-refractivity contribution in [2.24, 2.45) is 5.73 Å². The number of pyridine rings is 1. The SMILES string of the molecule is NC(=O)N(Oc1ccccc1)S(=O)(=O)c1ccc2ccccc2n1. The summed E-state index contributed by atoms with van der Waals surface area (Å²) >= 11 is 0. The van der Waals surface area contributed by atoms with Crippen LogP contribution in [0, 0.1) is 0 Å². The summed E-state index contributed by atoms with van der Waals surface area (Å²) in [6.07, 6.45) is 0. The minimum atomic E-state index is -4.36. The second-order valence-corrected chi connectivity index (χ2v) is 6.52. The molecule has 0 atom stereocenters. The Bertz CT molecular complexity index is 990. The number of para-hydroxylation sites is 2. The number of hydrogen-bond acceptors (Lipinski definition) is 5. The lowest BCUT2D eigenvalue weighted by Crippen LogP contribution is -2.43. The molecule has 0 aliphatic heterocycles. The first-order valence-corrected chi connectivity index (χ1v) is 8.36. The maximum atomic E-state index is 12.7. The molecular formula is C16H13N3O4S. The average molecular weight is 343 g/mol. The number of nitrogens with zero attached hydrogens (tertiary/aromatic N) is 2. The van der Waals surface area contributed by atoms with E-state index in [0.717, 1.165) is 5.39 Å². The molecule has 2 N–H and O–H groups in total. The molecule has 0 radical (unpaired) electrons. The van der Waals surface area contributed by atoms with Gasteiger partial charge < -0.3 is 10.6 Å². The summed E-state index contributed by atoms with van der Waals surface area (Å²) < 4.78 is 25.4. The van der Waals surface area contributed by atoms with Gasteiger partial charge in [0.05, 0.1) is 5.52 Å². The molecule has 8 heteroatoms. The molecule has 0 aliphatic rings. The molecule has 7 nitrogen and oxygen atoms in total. The van der Waals surface area contributed by atoms with E-state index < -0.39 is 16.1 Å². The van der Waals surface area contributed by atoms with Crippen LogP contribution >= 0.6 is 0 Å². The fraction of sp³-hybridized carbons (Fsp3) is 0. The number of hydrogen-bond donors (Lipinski definition) is 1. The van der Waals surface area contributed by atoms with E-state index in [-0.39, 0.29) is 15.2 Å². The number of hydroxylamine groups is 1. The number of primary amides is 1. The minimum absolute atomic E-state index is 0.124.